The van der Waals surface area contributed by atoms with E-state index in [1.807, 2.05) is 18.9 Å². The fraction of sp³-hybridized carbons (Fsp3) is 0.930. The quantitative estimate of drug-likeness (QED) is 0.0503. The first kappa shape index (κ1) is 49.3. The zero-order valence-electron chi connectivity index (χ0n) is 34.5. The van der Waals surface area contributed by atoms with Crippen LogP contribution in [0, 0.1) is 11.8 Å². The van der Waals surface area contributed by atoms with Crippen LogP contribution < -0.4 is 0 Å². The first-order valence-electron chi connectivity index (χ1n) is 21.7. The number of nitrogens with zero attached hydrogens (tertiary/aromatic N) is 2. The van der Waals surface area contributed by atoms with Crippen LogP contribution in [0.1, 0.15) is 195 Å². The number of hydrogen-bond acceptors (Lipinski definition) is 7. The van der Waals surface area contributed by atoms with Gasteiger partial charge in [-0.2, -0.15) is 0 Å². The van der Waals surface area contributed by atoms with Crippen LogP contribution in [0.3, 0.4) is 0 Å². The van der Waals surface area contributed by atoms with Crippen LogP contribution in [0.15, 0.2) is 0 Å². The molecule has 0 aromatic heterocycles. The normalized spacial score (nSPS) is 13.3. The number of esters is 2. The zero-order valence-corrected chi connectivity index (χ0v) is 34.5. The van der Waals surface area contributed by atoms with Crippen LogP contribution in [0.4, 0.5) is 0 Å². The standard InChI is InChI=1S/C43H84N2O6/c1-7-11-15-19-21-25-29-39(27-23-17-13-9-3)42(48)50-35-32-45(41(47)37-38(5)44(6)31-34-46)33-36-51-43(49)40(28-24-18-14-10-4)30-26-22-20-16-12-8-2/h38-40,46H,7-37H2,1-6H3. The molecule has 0 aliphatic heterocycles. The molecule has 1 amide bonds. The minimum Gasteiger partial charge on any atom is -0.464 e. The van der Waals surface area contributed by atoms with Crippen LogP contribution >= 0.6 is 0 Å². The monoisotopic (exact) mass is 725 g/mol. The van der Waals surface area contributed by atoms with Gasteiger partial charge in [0.2, 0.25) is 5.91 Å². The summed E-state index contributed by atoms with van der Waals surface area (Å²) in [5.74, 6) is -0.533. The lowest BCUT2D eigenvalue weighted by molar-refractivity contribution is -0.152. The summed E-state index contributed by atoms with van der Waals surface area (Å²) < 4.78 is 11.7. The fourth-order valence-electron chi connectivity index (χ4n) is 6.76. The Hall–Kier alpha value is -1.67. The maximum absolute atomic E-state index is 13.5. The summed E-state index contributed by atoms with van der Waals surface area (Å²) in [7, 11) is 1.90. The highest BCUT2D eigenvalue weighted by Gasteiger charge is 2.24. The maximum Gasteiger partial charge on any atom is 0.308 e. The van der Waals surface area contributed by atoms with Crippen molar-refractivity contribution in [1.82, 2.24) is 9.80 Å². The Morgan fingerprint density at radius 3 is 1.22 bits per heavy atom. The summed E-state index contributed by atoms with van der Waals surface area (Å²) in [6.07, 6.45) is 27.1. The van der Waals surface area contributed by atoms with Crippen molar-refractivity contribution in [3.05, 3.63) is 0 Å². The second-order valence-corrected chi connectivity index (χ2v) is 15.2. The fourth-order valence-corrected chi connectivity index (χ4v) is 6.76. The number of ether oxygens (including phenoxy) is 2. The molecule has 0 bridgehead atoms. The van der Waals surface area contributed by atoms with Crippen LogP contribution in [-0.2, 0) is 23.9 Å². The minimum absolute atomic E-state index is 0.0291. The van der Waals surface area contributed by atoms with Crippen LogP contribution in [0.5, 0.6) is 0 Å². The molecule has 302 valence electrons. The predicted octanol–water partition coefficient (Wildman–Crippen LogP) is 10.3. The highest BCUT2D eigenvalue weighted by Crippen LogP contribution is 2.22. The number of likely N-dealkylation sites (N-methyl/N-ethyl adjacent to an activating group) is 1. The Bertz CT molecular complexity index is 774. The number of unbranched alkanes of at least 4 members (excludes halogenated alkanes) is 16. The van der Waals surface area contributed by atoms with E-state index in [0.29, 0.717) is 6.54 Å². The number of aliphatic hydroxyl groups is 1. The van der Waals surface area contributed by atoms with E-state index in [9.17, 15) is 19.5 Å². The molecule has 3 atom stereocenters. The molecule has 0 fully saturated rings. The molecular weight excluding hydrogens is 640 g/mol. The van der Waals surface area contributed by atoms with Crippen molar-refractivity contribution >= 4 is 17.8 Å². The molecule has 0 heterocycles. The third-order valence-electron chi connectivity index (χ3n) is 10.5. The number of rotatable bonds is 37. The van der Waals surface area contributed by atoms with Gasteiger partial charge in [-0.25, -0.2) is 0 Å². The SMILES string of the molecule is CCCCCCCCC(CCCCCC)C(=O)OCCN(CCOC(=O)C(CCCCCC)CCCCCCCC)C(=O)CC(C)N(C)CCO. The van der Waals surface area contributed by atoms with E-state index in [1.54, 1.807) is 4.90 Å². The largest absolute Gasteiger partial charge is 0.464 e. The number of aliphatic hydroxyl groups excluding tert-OH is 1. The van der Waals surface area contributed by atoms with E-state index < -0.39 is 0 Å². The number of hydrogen-bond donors (Lipinski definition) is 1. The van der Waals surface area contributed by atoms with E-state index >= 15 is 0 Å². The summed E-state index contributed by atoms with van der Waals surface area (Å²) in [6.45, 7) is 12.2. The molecule has 0 aliphatic carbocycles. The van der Waals surface area contributed by atoms with E-state index in [0.717, 1.165) is 77.0 Å². The Morgan fingerprint density at radius 2 is 0.863 bits per heavy atom. The summed E-state index contributed by atoms with van der Waals surface area (Å²) in [4.78, 5) is 43.8. The summed E-state index contributed by atoms with van der Waals surface area (Å²) in [5, 5.41) is 9.39. The van der Waals surface area contributed by atoms with Gasteiger partial charge in [0.05, 0.1) is 31.5 Å². The Balaban J connectivity index is 5.35. The molecule has 8 nitrogen and oxygen atoms in total. The van der Waals surface area contributed by atoms with Crippen molar-refractivity contribution in [2.24, 2.45) is 11.8 Å². The van der Waals surface area contributed by atoms with Gasteiger partial charge in [0, 0.05) is 19.0 Å². The lowest BCUT2D eigenvalue weighted by Gasteiger charge is -2.28. The number of carbonyl (C=O) groups is 3. The molecule has 0 aromatic rings. The lowest BCUT2D eigenvalue weighted by atomic mass is 9.94. The van der Waals surface area contributed by atoms with Gasteiger partial charge in [-0.1, -0.05) is 156 Å². The van der Waals surface area contributed by atoms with Crippen molar-refractivity contribution in [3.63, 3.8) is 0 Å². The first-order valence-corrected chi connectivity index (χ1v) is 21.7. The molecule has 0 aromatic carbocycles. The van der Waals surface area contributed by atoms with Crippen molar-refractivity contribution in [2.45, 2.75) is 201 Å². The van der Waals surface area contributed by atoms with Gasteiger partial charge in [-0.05, 0) is 39.7 Å². The number of carbonyl (C=O) groups excluding carboxylic acids is 3. The van der Waals surface area contributed by atoms with Crippen LogP contribution in [0.2, 0.25) is 0 Å². The summed E-state index contributed by atoms with van der Waals surface area (Å²) >= 11 is 0. The van der Waals surface area contributed by atoms with Gasteiger partial charge in [-0.15, -0.1) is 0 Å². The van der Waals surface area contributed by atoms with E-state index in [2.05, 4.69) is 27.7 Å². The Kier molecular flexibility index (Phi) is 34.2. The molecule has 0 aliphatic rings. The van der Waals surface area contributed by atoms with Gasteiger partial charge in [-0.3, -0.25) is 14.4 Å². The average Bonchev–Trinajstić information content (AvgIpc) is 3.12. The molecule has 0 rings (SSSR count). The number of amides is 1. The lowest BCUT2D eigenvalue weighted by Crippen LogP contribution is -2.42. The average molecular weight is 725 g/mol. The van der Waals surface area contributed by atoms with Crippen molar-refractivity contribution in [1.29, 1.82) is 0 Å². The molecule has 51 heavy (non-hydrogen) atoms. The molecule has 0 saturated heterocycles. The topological polar surface area (TPSA) is 96.4 Å². The zero-order chi connectivity index (χ0) is 38.0. The van der Waals surface area contributed by atoms with Gasteiger partial charge in [0.25, 0.3) is 0 Å². The smallest absolute Gasteiger partial charge is 0.308 e. The minimum atomic E-state index is -0.143. The first-order chi connectivity index (χ1) is 24.7. The van der Waals surface area contributed by atoms with Gasteiger partial charge in [0.15, 0.2) is 0 Å². The molecular formula is C43H84N2O6. The molecule has 0 spiro atoms. The Morgan fingerprint density at radius 1 is 0.529 bits per heavy atom. The highest BCUT2D eigenvalue weighted by atomic mass is 16.5. The molecule has 8 heteroatoms. The second kappa shape index (κ2) is 35.4. The highest BCUT2D eigenvalue weighted by molar-refractivity contribution is 5.77. The van der Waals surface area contributed by atoms with Gasteiger partial charge in [0.1, 0.15) is 13.2 Å². The van der Waals surface area contributed by atoms with Crippen molar-refractivity contribution < 1.29 is 29.0 Å². The maximum atomic E-state index is 13.5. The van der Waals surface area contributed by atoms with Gasteiger partial charge < -0.3 is 24.4 Å². The molecule has 3 unspecified atom stereocenters. The molecule has 0 saturated carbocycles. The summed E-state index contributed by atoms with van der Waals surface area (Å²) in [6, 6.07) is -0.0631. The van der Waals surface area contributed by atoms with E-state index in [-0.39, 0.29) is 75.1 Å². The third kappa shape index (κ3) is 27.6. The predicted molar refractivity (Wildman–Crippen MR) is 213 cm³/mol. The van der Waals surface area contributed by atoms with Crippen LogP contribution in [0.25, 0.3) is 0 Å². The van der Waals surface area contributed by atoms with Crippen molar-refractivity contribution in [2.75, 3.05) is 46.5 Å². The molecule has 0 radical (unpaired) electrons. The van der Waals surface area contributed by atoms with Crippen LogP contribution in [-0.4, -0.2) is 85.3 Å². The van der Waals surface area contributed by atoms with E-state index in [1.165, 1.54) is 77.0 Å². The Labute approximate surface area is 315 Å². The van der Waals surface area contributed by atoms with E-state index in [4.69, 9.17) is 9.47 Å². The molecule has 1 N–H and O–H groups in total. The summed E-state index contributed by atoms with van der Waals surface area (Å²) in [5.41, 5.74) is 0. The second-order valence-electron chi connectivity index (χ2n) is 15.2. The van der Waals surface area contributed by atoms with Crippen molar-refractivity contribution in [3.8, 4) is 0 Å². The third-order valence-corrected chi connectivity index (χ3v) is 10.5. The van der Waals surface area contributed by atoms with Gasteiger partial charge >= 0.3 is 11.9 Å².